The van der Waals surface area contributed by atoms with E-state index in [0.29, 0.717) is 24.1 Å². The molecule has 0 bridgehead atoms. The largest absolute Gasteiger partial charge is 0.491 e. The SMILES string of the molecule is O=[N+]([O-])c1ccc(NCCOc2cccc3ccccc23)c2ncccc12. The number of ether oxygens (including phenoxy) is 1. The van der Waals surface area contributed by atoms with E-state index in [9.17, 15) is 10.1 Å². The molecule has 1 aromatic heterocycles. The van der Waals surface area contributed by atoms with Crippen LogP contribution in [0.4, 0.5) is 11.4 Å². The smallest absolute Gasteiger partial charge is 0.278 e. The Labute approximate surface area is 155 Å². The molecule has 0 saturated carbocycles. The number of hydrogen-bond donors (Lipinski definition) is 1. The van der Waals surface area contributed by atoms with Crippen molar-refractivity contribution in [3.8, 4) is 5.75 Å². The second kappa shape index (κ2) is 7.29. The summed E-state index contributed by atoms with van der Waals surface area (Å²) in [6.45, 7) is 1.01. The molecule has 0 amide bonds. The van der Waals surface area contributed by atoms with Gasteiger partial charge in [-0.3, -0.25) is 15.1 Å². The summed E-state index contributed by atoms with van der Waals surface area (Å²) in [5.74, 6) is 0.835. The van der Waals surface area contributed by atoms with Crippen LogP contribution in [0.2, 0.25) is 0 Å². The standard InChI is InChI=1S/C21H17N3O3/c25-24(26)19-11-10-18(21-17(19)8-4-12-23-21)22-13-14-27-20-9-3-6-15-5-1-2-7-16(15)20/h1-12,22H,13-14H2. The fourth-order valence-corrected chi connectivity index (χ4v) is 3.13. The predicted octanol–water partition coefficient (Wildman–Crippen LogP) is 4.79. The van der Waals surface area contributed by atoms with Crippen LogP contribution in [0.3, 0.4) is 0 Å². The molecule has 0 spiro atoms. The lowest BCUT2D eigenvalue weighted by atomic mass is 10.1. The monoisotopic (exact) mass is 359 g/mol. The summed E-state index contributed by atoms with van der Waals surface area (Å²) >= 11 is 0. The van der Waals surface area contributed by atoms with Crippen LogP contribution in [0.1, 0.15) is 0 Å². The maximum absolute atomic E-state index is 11.2. The van der Waals surface area contributed by atoms with E-state index in [-0.39, 0.29) is 5.69 Å². The minimum atomic E-state index is -0.391. The van der Waals surface area contributed by atoms with Gasteiger partial charge in [-0.15, -0.1) is 0 Å². The predicted molar refractivity (Wildman–Crippen MR) is 106 cm³/mol. The van der Waals surface area contributed by atoms with E-state index in [0.717, 1.165) is 22.2 Å². The Bertz CT molecular complexity index is 1120. The number of benzene rings is 3. The Morgan fingerprint density at radius 3 is 2.67 bits per heavy atom. The quantitative estimate of drug-likeness (QED) is 0.304. The number of nitro groups is 1. The first-order chi connectivity index (χ1) is 13.2. The second-order valence-corrected chi connectivity index (χ2v) is 6.04. The average Bonchev–Trinajstić information content (AvgIpc) is 2.71. The molecular formula is C21H17N3O3. The van der Waals surface area contributed by atoms with Crippen molar-refractivity contribution < 1.29 is 9.66 Å². The molecule has 27 heavy (non-hydrogen) atoms. The first-order valence-corrected chi connectivity index (χ1v) is 8.60. The Morgan fingerprint density at radius 2 is 1.78 bits per heavy atom. The third-order valence-electron chi connectivity index (χ3n) is 4.37. The molecule has 134 valence electrons. The molecule has 0 fully saturated rings. The first-order valence-electron chi connectivity index (χ1n) is 8.60. The van der Waals surface area contributed by atoms with E-state index in [4.69, 9.17) is 4.74 Å². The summed E-state index contributed by atoms with van der Waals surface area (Å²) < 4.78 is 5.92. The van der Waals surface area contributed by atoms with Gasteiger partial charge in [0.2, 0.25) is 0 Å². The van der Waals surface area contributed by atoms with Crippen molar-refractivity contribution in [2.24, 2.45) is 0 Å². The molecule has 3 aromatic carbocycles. The number of pyridine rings is 1. The van der Waals surface area contributed by atoms with E-state index in [2.05, 4.69) is 22.4 Å². The van der Waals surface area contributed by atoms with Crippen molar-refractivity contribution in [2.45, 2.75) is 0 Å². The number of aromatic nitrogens is 1. The zero-order valence-corrected chi connectivity index (χ0v) is 14.5. The lowest BCUT2D eigenvalue weighted by molar-refractivity contribution is -0.383. The average molecular weight is 359 g/mol. The summed E-state index contributed by atoms with van der Waals surface area (Å²) in [5.41, 5.74) is 1.38. The summed E-state index contributed by atoms with van der Waals surface area (Å²) in [6.07, 6.45) is 1.63. The number of hydrogen-bond acceptors (Lipinski definition) is 5. The minimum Gasteiger partial charge on any atom is -0.491 e. The summed E-state index contributed by atoms with van der Waals surface area (Å²) in [4.78, 5) is 15.1. The Balaban J connectivity index is 1.48. The molecule has 4 rings (SSSR count). The summed E-state index contributed by atoms with van der Waals surface area (Å²) in [5, 5.41) is 17.2. The zero-order valence-electron chi connectivity index (χ0n) is 14.5. The minimum absolute atomic E-state index is 0.0515. The van der Waals surface area contributed by atoms with Gasteiger partial charge in [0.15, 0.2) is 0 Å². The first kappa shape index (κ1) is 16.8. The van der Waals surface area contributed by atoms with Crippen LogP contribution < -0.4 is 10.1 Å². The topological polar surface area (TPSA) is 77.3 Å². The van der Waals surface area contributed by atoms with Crippen molar-refractivity contribution in [3.63, 3.8) is 0 Å². The number of non-ortho nitro benzene ring substituents is 1. The van der Waals surface area contributed by atoms with E-state index < -0.39 is 4.92 Å². The van der Waals surface area contributed by atoms with Crippen LogP contribution in [-0.2, 0) is 0 Å². The van der Waals surface area contributed by atoms with E-state index in [1.54, 1.807) is 24.4 Å². The molecule has 0 aliphatic rings. The lowest BCUT2D eigenvalue weighted by Crippen LogP contribution is -2.12. The highest BCUT2D eigenvalue weighted by atomic mass is 16.6. The van der Waals surface area contributed by atoms with Gasteiger partial charge >= 0.3 is 0 Å². The second-order valence-electron chi connectivity index (χ2n) is 6.04. The molecule has 0 saturated heterocycles. The number of nitro benzene ring substituents is 1. The number of fused-ring (bicyclic) bond motifs is 2. The molecule has 0 unspecified atom stereocenters. The summed E-state index contributed by atoms with van der Waals surface area (Å²) in [7, 11) is 0. The van der Waals surface area contributed by atoms with Gasteiger partial charge in [-0.2, -0.15) is 0 Å². The molecule has 0 atom stereocenters. The molecule has 1 N–H and O–H groups in total. The molecule has 4 aromatic rings. The summed E-state index contributed by atoms with van der Waals surface area (Å²) in [6, 6.07) is 20.6. The van der Waals surface area contributed by atoms with Crippen LogP contribution in [-0.4, -0.2) is 23.1 Å². The van der Waals surface area contributed by atoms with Gasteiger partial charge < -0.3 is 10.1 Å². The van der Waals surface area contributed by atoms with Gasteiger partial charge in [0.1, 0.15) is 17.9 Å². The van der Waals surface area contributed by atoms with Gasteiger partial charge in [0, 0.05) is 24.2 Å². The van der Waals surface area contributed by atoms with Crippen molar-refractivity contribution >= 4 is 33.1 Å². The third-order valence-corrected chi connectivity index (χ3v) is 4.37. The molecular weight excluding hydrogens is 342 g/mol. The van der Waals surface area contributed by atoms with Gasteiger partial charge in [-0.25, -0.2) is 0 Å². The van der Waals surface area contributed by atoms with Crippen molar-refractivity contribution in [2.75, 3.05) is 18.5 Å². The van der Waals surface area contributed by atoms with Crippen LogP contribution >= 0.6 is 0 Å². The van der Waals surface area contributed by atoms with E-state index in [1.165, 1.54) is 6.07 Å². The molecule has 6 heteroatoms. The van der Waals surface area contributed by atoms with E-state index >= 15 is 0 Å². The van der Waals surface area contributed by atoms with Crippen LogP contribution in [0.5, 0.6) is 5.75 Å². The highest BCUT2D eigenvalue weighted by Gasteiger charge is 2.14. The lowest BCUT2D eigenvalue weighted by Gasteiger charge is -2.12. The van der Waals surface area contributed by atoms with Gasteiger partial charge in [0.05, 0.1) is 16.0 Å². The fourth-order valence-electron chi connectivity index (χ4n) is 3.13. The van der Waals surface area contributed by atoms with Crippen molar-refractivity contribution in [3.05, 3.63) is 83.0 Å². The normalized spacial score (nSPS) is 10.8. The highest BCUT2D eigenvalue weighted by molar-refractivity contribution is 5.96. The molecule has 0 aliphatic carbocycles. The van der Waals surface area contributed by atoms with Gasteiger partial charge in [-0.05, 0) is 29.7 Å². The van der Waals surface area contributed by atoms with Crippen LogP contribution in [0.25, 0.3) is 21.7 Å². The number of nitrogens with zero attached hydrogens (tertiary/aromatic N) is 2. The maximum Gasteiger partial charge on any atom is 0.278 e. The Kier molecular flexibility index (Phi) is 4.53. The fraction of sp³-hybridized carbons (Fsp3) is 0.0952. The van der Waals surface area contributed by atoms with Crippen molar-refractivity contribution in [1.82, 2.24) is 4.98 Å². The number of rotatable bonds is 6. The number of anilines is 1. The molecule has 0 aliphatic heterocycles. The zero-order chi connectivity index (χ0) is 18.6. The van der Waals surface area contributed by atoms with Gasteiger partial charge in [0.25, 0.3) is 5.69 Å². The van der Waals surface area contributed by atoms with Crippen LogP contribution in [0.15, 0.2) is 72.9 Å². The highest BCUT2D eigenvalue weighted by Crippen LogP contribution is 2.29. The molecule has 6 nitrogen and oxygen atoms in total. The molecule has 1 heterocycles. The molecule has 0 radical (unpaired) electrons. The van der Waals surface area contributed by atoms with Crippen LogP contribution in [0, 0.1) is 10.1 Å². The van der Waals surface area contributed by atoms with Crippen molar-refractivity contribution in [1.29, 1.82) is 0 Å². The third kappa shape index (κ3) is 3.37. The van der Waals surface area contributed by atoms with E-state index in [1.807, 2.05) is 30.3 Å². The number of nitrogens with one attached hydrogen (secondary N) is 1. The van der Waals surface area contributed by atoms with Gasteiger partial charge in [-0.1, -0.05) is 36.4 Å². The maximum atomic E-state index is 11.2. The Morgan fingerprint density at radius 1 is 0.963 bits per heavy atom. The Hall–Kier alpha value is -3.67.